The Hall–Kier alpha value is -1.02. The van der Waals surface area contributed by atoms with E-state index in [0.717, 1.165) is 18.2 Å². The van der Waals surface area contributed by atoms with Crippen molar-refractivity contribution in [2.75, 3.05) is 13.7 Å². The highest BCUT2D eigenvalue weighted by Gasteiger charge is 2.18. The van der Waals surface area contributed by atoms with Crippen molar-refractivity contribution in [3.05, 3.63) is 29.3 Å². The summed E-state index contributed by atoms with van der Waals surface area (Å²) in [6.07, 6.45) is 3.67. The van der Waals surface area contributed by atoms with Crippen LogP contribution in [0.5, 0.6) is 5.75 Å². The van der Waals surface area contributed by atoms with Crippen molar-refractivity contribution in [3.8, 4) is 5.75 Å². The fraction of sp³-hybridized carbons (Fsp3) is 0.647. The third-order valence-electron chi connectivity index (χ3n) is 3.93. The van der Waals surface area contributed by atoms with E-state index < -0.39 is 0 Å². The van der Waals surface area contributed by atoms with Crippen molar-refractivity contribution in [3.63, 3.8) is 0 Å². The van der Waals surface area contributed by atoms with Gasteiger partial charge in [-0.15, -0.1) is 0 Å². The summed E-state index contributed by atoms with van der Waals surface area (Å²) >= 11 is 0. The highest BCUT2D eigenvalue weighted by molar-refractivity contribution is 5.39. The molecule has 0 fully saturated rings. The second-order valence-corrected chi connectivity index (χ2v) is 5.27. The first-order chi connectivity index (χ1) is 9.15. The van der Waals surface area contributed by atoms with Crippen molar-refractivity contribution in [1.82, 2.24) is 5.32 Å². The van der Waals surface area contributed by atoms with Gasteiger partial charge in [0.2, 0.25) is 0 Å². The molecular formula is C17H29NO. The summed E-state index contributed by atoms with van der Waals surface area (Å²) in [5.74, 6) is 1.77. The summed E-state index contributed by atoms with van der Waals surface area (Å²) in [4.78, 5) is 0. The van der Waals surface area contributed by atoms with E-state index in [-0.39, 0.29) is 0 Å². The van der Waals surface area contributed by atoms with Gasteiger partial charge in [0.05, 0.1) is 7.11 Å². The number of nitrogens with one attached hydrogen (secondary N) is 1. The molecule has 108 valence electrons. The minimum atomic E-state index is 0.393. The Morgan fingerprint density at radius 2 is 1.84 bits per heavy atom. The van der Waals surface area contributed by atoms with Crippen LogP contribution in [0.1, 0.15) is 57.2 Å². The van der Waals surface area contributed by atoms with Crippen LogP contribution in [0.3, 0.4) is 0 Å². The van der Waals surface area contributed by atoms with Crippen LogP contribution in [0, 0.1) is 12.8 Å². The van der Waals surface area contributed by atoms with Crippen LogP contribution >= 0.6 is 0 Å². The van der Waals surface area contributed by atoms with E-state index >= 15 is 0 Å². The smallest absolute Gasteiger partial charge is 0.123 e. The number of hydrogen-bond acceptors (Lipinski definition) is 2. The van der Waals surface area contributed by atoms with E-state index in [1.807, 2.05) is 0 Å². The maximum Gasteiger partial charge on any atom is 0.123 e. The molecule has 0 heterocycles. The lowest BCUT2D eigenvalue weighted by molar-refractivity contribution is 0.356. The fourth-order valence-electron chi connectivity index (χ4n) is 2.65. The van der Waals surface area contributed by atoms with Crippen LogP contribution in [0.2, 0.25) is 0 Å². The summed E-state index contributed by atoms with van der Waals surface area (Å²) < 4.78 is 5.54. The Kier molecular flexibility index (Phi) is 6.93. The average Bonchev–Trinajstić information content (AvgIpc) is 2.43. The molecule has 1 unspecified atom stereocenters. The molecule has 0 amide bonds. The normalized spacial score (nSPS) is 12.7. The van der Waals surface area contributed by atoms with Gasteiger partial charge >= 0.3 is 0 Å². The molecule has 2 nitrogen and oxygen atoms in total. The Bertz CT molecular complexity index is 372. The van der Waals surface area contributed by atoms with Gasteiger partial charge in [-0.2, -0.15) is 0 Å². The van der Waals surface area contributed by atoms with Gasteiger partial charge in [0.1, 0.15) is 5.75 Å². The maximum atomic E-state index is 5.54. The molecule has 1 aromatic rings. The van der Waals surface area contributed by atoms with Gasteiger partial charge in [-0.3, -0.25) is 0 Å². The van der Waals surface area contributed by atoms with Crippen molar-refractivity contribution in [2.45, 2.75) is 53.0 Å². The number of ether oxygens (including phenoxy) is 1. The molecule has 1 rings (SSSR count). The SMILES string of the molecule is CCNC(CC(CC)CC)c1cc(C)ccc1OC. The number of methoxy groups -OCH3 is 1. The zero-order valence-corrected chi connectivity index (χ0v) is 13.1. The summed E-state index contributed by atoms with van der Waals surface area (Å²) in [6.45, 7) is 9.86. The molecule has 1 atom stereocenters. The second-order valence-electron chi connectivity index (χ2n) is 5.27. The molecule has 0 spiro atoms. The summed E-state index contributed by atoms with van der Waals surface area (Å²) in [5, 5.41) is 3.62. The Morgan fingerprint density at radius 3 is 2.37 bits per heavy atom. The van der Waals surface area contributed by atoms with E-state index in [1.165, 1.54) is 30.4 Å². The van der Waals surface area contributed by atoms with E-state index in [9.17, 15) is 0 Å². The summed E-state index contributed by atoms with van der Waals surface area (Å²) in [7, 11) is 1.76. The van der Waals surface area contributed by atoms with E-state index in [2.05, 4.69) is 51.2 Å². The lowest BCUT2D eigenvalue weighted by atomic mass is 9.90. The first kappa shape index (κ1) is 16.0. The number of benzene rings is 1. The van der Waals surface area contributed by atoms with Gasteiger partial charge in [0, 0.05) is 11.6 Å². The second kappa shape index (κ2) is 8.21. The van der Waals surface area contributed by atoms with Crippen molar-refractivity contribution < 1.29 is 4.74 Å². The Labute approximate surface area is 118 Å². The highest BCUT2D eigenvalue weighted by atomic mass is 16.5. The standard InChI is InChI=1S/C17H29NO/c1-6-14(7-2)12-16(18-8-3)15-11-13(4)9-10-17(15)19-5/h9-11,14,16,18H,6-8,12H2,1-5H3. The zero-order chi connectivity index (χ0) is 14.3. The molecule has 0 bridgehead atoms. The van der Waals surface area contributed by atoms with Crippen LogP contribution in [0.25, 0.3) is 0 Å². The minimum Gasteiger partial charge on any atom is -0.496 e. The van der Waals surface area contributed by atoms with Gasteiger partial charge in [-0.05, 0) is 31.9 Å². The zero-order valence-electron chi connectivity index (χ0n) is 13.1. The van der Waals surface area contributed by atoms with Crippen LogP contribution in [-0.2, 0) is 0 Å². The van der Waals surface area contributed by atoms with E-state index in [1.54, 1.807) is 7.11 Å². The molecule has 0 aliphatic rings. The van der Waals surface area contributed by atoms with Gasteiger partial charge in [0.15, 0.2) is 0 Å². The molecule has 0 saturated carbocycles. The van der Waals surface area contributed by atoms with Crippen molar-refractivity contribution >= 4 is 0 Å². The molecule has 0 radical (unpaired) electrons. The molecule has 1 N–H and O–H groups in total. The van der Waals surface area contributed by atoms with Gasteiger partial charge < -0.3 is 10.1 Å². The third-order valence-corrected chi connectivity index (χ3v) is 3.93. The van der Waals surface area contributed by atoms with Crippen LogP contribution in [0.4, 0.5) is 0 Å². The first-order valence-corrected chi connectivity index (χ1v) is 7.54. The lowest BCUT2D eigenvalue weighted by Gasteiger charge is -2.25. The maximum absolute atomic E-state index is 5.54. The Balaban J connectivity index is 3.00. The molecule has 0 aliphatic carbocycles. The topological polar surface area (TPSA) is 21.3 Å². The molecule has 2 heteroatoms. The third kappa shape index (κ3) is 4.54. The number of rotatable bonds is 8. The number of hydrogen-bond donors (Lipinski definition) is 1. The van der Waals surface area contributed by atoms with Crippen molar-refractivity contribution in [2.24, 2.45) is 5.92 Å². The van der Waals surface area contributed by atoms with E-state index in [0.29, 0.717) is 6.04 Å². The molecule has 0 saturated heterocycles. The quantitative estimate of drug-likeness (QED) is 0.746. The predicted molar refractivity (Wildman–Crippen MR) is 82.8 cm³/mol. The van der Waals surface area contributed by atoms with Gasteiger partial charge in [-0.25, -0.2) is 0 Å². The summed E-state index contributed by atoms with van der Waals surface area (Å²) in [5.41, 5.74) is 2.60. The lowest BCUT2D eigenvalue weighted by Crippen LogP contribution is -2.24. The predicted octanol–water partition coefficient (Wildman–Crippen LogP) is 4.48. The molecule has 19 heavy (non-hydrogen) atoms. The first-order valence-electron chi connectivity index (χ1n) is 7.54. The van der Waals surface area contributed by atoms with Crippen LogP contribution in [-0.4, -0.2) is 13.7 Å². The highest BCUT2D eigenvalue weighted by Crippen LogP contribution is 2.32. The van der Waals surface area contributed by atoms with Crippen LogP contribution in [0.15, 0.2) is 18.2 Å². The largest absolute Gasteiger partial charge is 0.496 e. The van der Waals surface area contributed by atoms with Gasteiger partial charge in [-0.1, -0.05) is 51.3 Å². The molecule has 0 aromatic heterocycles. The molecule has 0 aliphatic heterocycles. The minimum absolute atomic E-state index is 0.393. The Morgan fingerprint density at radius 1 is 1.16 bits per heavy atom. The average molecular weight is 263 g/mol. The fourth-order valence-corrected chi connectivity index (χ4v) is 2.65. The molecular weight excluding hydrogens is 234 g/mol. The number of aryl methyl sites for hydroxylation is 1. The van der Waals surface area contributed by atoms with Crippen LogP contribution < -0.4 is 10.1 Å². The van der Waals surface area contributed by atoms with E-state index in [4.69, 9.17) is 4.74 Å². The van der Waals surface area contributed by atoms with Crippen molar-refractivity contribution in [1.29, 1.82) is 0 Å². The molecule has 1 aromatic carbocycles. The van der Waals surface area contributed by atoms with Gasteiger partial charge in [0.25, 0.3) is 0 Å². The summed E-state index contributed by atoms with van der Waals surface area (Å²) in [6, 6.07) is 6.85. The monoisotopic (exact) mass is 263 g/mol.